The molecule has 2 aliphatic rings. The summed E-state index contributed by atoms with van der Waals surface area (Å²) in [6.07, 6.45) is 7.59. The van der Waals surface area contributed by atoms with Crippen molar-refractivity contribution < 1.29 is 14.5 Å². The lowest BCUT2D eigenvalue weighted by molar-refractivity contribution is -0.671. The molecular weight excluding hydrogens is 330 g/mol. The summed E-state index contributed by atoms with van der Waals surface area (Å²) in [5.41, 5.74) is 2.42. The number of carbonyl (C=O) groups excluding carboxylic acids is 1. The Bertz CT molecular complexity index is 867. The lowest BCUT2D eigenvalue weighted by atomic mass is 9.87. The van der Waals surface area contributed by atoms with Crippen LogP contribution in [0.5, 0.6) is 0 Å². The Hall–Kier alpha value is -2.28. The normalized spacial score (nSPS) is 21.9. The minimum atomic E-state index is -0.320. The van der Waals surface area contributed by atoms with Crippen LogP contribution in [-0.4, -0.2) is 38.4 Å². The van der Waals surface area contributed by atoms with Gasteiger partial charge in [0.05, 0.1) is 24.5 Å². The molecule has 0 aliphatic heterocycles. The largest absolute Gasteiger partial charge is 0.394 e. The smallest absolute Gasteiger partial charge is 0.272 e. The first-order valence-corrected chi connectivity index (χ1v) is 9.14. The van der Waals surface area contributed by atoms with Crippen molar-refractivity contribution in [1.82, 2.24) is 20.1 Å². The number of hydrogen-bond donors (Lipinski definition) is 2. The maximum atomic E-state index is 12.9. The van der Waals surface area contributed by atoms with E-state index < -0.39 is 0 Å². The van der Waals surface area contributed by atoms with Crippen LogP contribution in [0.3, 0.4) is 0 Å². The Morgan fingerprint density at radius 3 is 2.92 bits per heavy atom. The van der Waals surface area contributed by atoms with Gasteiger partial charge in [0, 0.05) is 11.5 Å². The first kappa shape index (κ1) is 17.1. The SMILES string of the molecule is C[n+]1ccnc(-n2nc(C(=O)N[C@H](CO)C(C)(C)C)c3c2C2CC2C3)c1. The lowest BCUT2D eigenvalue weighted by Crippen LogP contribution is -2.46. The minimum absolute atomic E-state index is 0.0978. The molecule has 2 heterocycles. The summed E-state index contributed by atoms with van der Waals surface area (Å²) in [6, 6.07) is -0.320. The van der Waals surface area contributed by atoms with Crippen LogP contribution in [0.15, 0.2) is 18.6 Å². The standard InChI is InChI=1S/C19H25N5O2/c1-19(2,3)14(10-25)21-18(26)16-13-8-11-7-12(11)17(13)24(22-16)15-9-23(4)6-5-20-15/h5-6,9,11-12,14,25H,7-8,10H2,1-4H3/p+1/t11?,12?,14-/m1/s1. The maximum Gasteiger partial charge on any atom is 0.272 e. The van der Waals surface area contributed by atoms with E-state index in [9.17, 15) is 9.90 Å². The van der Waals surface area contributed by atoms with Crippen molar-refractivity contribution in [2.45, 2.75) is 45.6 Å². The molecule has 3 atom stereocenters. The van der Waals surface area contributed by atoms with E-state index in [1.54, 1.807) is 6.20 Å². The Labute approximate surface area is 153 Å². The molecule has 2 aromatic rings. The van der Waals surface area contributed by atoms with E-state index in [4.69, 9.17) is 0 Å². The highest BCUT2D eigenvalue weighted by Gasteiger charge is 2.50. The van der Waals surface area contributed by atoms with Gasteiger partial charge in [-0.2, -0.15) is 5.10 Å². The molecular formula is C19H26N5O2+. The summed E-state index contributed by atoms with van der Waals surface area (Å²) >= 11 is 0. The summed E-state index contributed by atoms with van der Waals surface area (Å²) in [7, 11) is 1.94. The van der Waals surface area contributed by atoms with Crippen LogP contribution in [0.4, 0.5) is 0 Å². The average molecular weight is 356 g/mol. The second kappa shape index (κ2) is 5.87. The number of rotatable bonds is 4. The van der Waals surface area contributed by atoms with Gasteiger partial charge in [-0.1, -0.05) is 20.8 Å². The third kappa shape index (κ3) is 2.80. The van der Waals surface area contributed by atoms with Gasteiger partial charge in [-0.15, -0.1) is 0 Å². The number of amides is 1. The van der Waals surface area contributed by atoms with Crippen LogP contribution >= 0.6 is 0 Å². The minimum Gasteiger partial charge on any atom is -0.394 e. The molecule has 26 heavy (non-hydrogen) atoms. The summed E-state index contributed by atoms with van der Waals surface area (Å²) in [5, 5.41) is 17.3. The van der Waals surface area contributed by atoms with Gasteiger partial charge < -0.3 is 10.4 Å². The Balaban J connectivity index is 1.71. The van der Waals surface area contributed by atoms with Crippen LogP contribution in [0.1, 0.15) is 54.9 Å². The van der Waals surface area contributed by atoms with Crippen molar-refractivity contribution in [2.75, 3.05) is 6.61 Å². The van der Waals surface area contributed by atoms with E-state index in [0.29, 0.717) is 17.5 Å². The van der Waals surface area contributed by atoms with Gasteiger partial charge in [0.25, 0.3) is 5.91 Å². The summed E-state index contributed by atoms with van der Waals surface area (Å²) in [5.74, 6) is 1.64. The zero-order valence-corrected chi connectivity index (χ0v) is 15.7. The molecule has 7 heteroatoms. The molecule has 0 bridgehead atoms. The highest BCUT2D eigenvalue weighted by Crippen LogP contribution is 2.57. The fourth-order valence-electron chi connectivity index (χ4n) is 3.82. The number of aliphatic hydroxyl groups is 1. The molecule has 0 aromatic carbocycles. The number of nitrogens with one attached hydrogen (secondary N) is 1. The van der Waals surface area contributed by atoms with E-state index in [-0.39, 0.29) is 24.0 Å². The van der Waals surface area contributed by atoms with E-state index in [1.807, 2.05) is 49.5 Å². The molecule has 0 radical (unpaired) electrons. The summed E-state index contributed by atoms with van der Waals surface area (Å²) < 4.78 is 3.77. The Morgan fingerprint density at radius 2 is 2.27 bits per heavy atom. The number of carbonyl (C=O) groups is 1. The second-order valence-electron chi connectivity index (χ2n) is 8.59. The van der Waals surface area contributed by atoms with Crippen molar-refractivity contribution in [3.63, 3.8) is 0 Å². The van der Waals surface area contributed by atoms with Gasteiger partial charge in [-0.25, -0.2) is 14.2 Å². The van der Waals surface area contributed by atoms with E-state index in [1.165, 1.54) is 6.42 Å². The van der Waals surface area contributed by atoms with Gasteiger partial charge in [-0.3, -0.25) is 4.79 Å². The highest BCUT2D eigenvalue weighted by molar-refractivity contribution is 5.94. The molecule has 138 valence electrons. The van der Waals surface area contributed by atoms with E-state index >= 15 is 0 Å². The predicted molar refractivity (Wildman–Crippen MR) is 94.9 cm³/mol. The number of nitrogens with zero attached hydrogens (tertiary/aromatic N) is 4. The molecule has 2 aromatic heterocycles. The van der Waals surface area contributed by atoms with Crippen molar-refractivity contribution in [1.29, 1.82) is 0 Å². The van der Waals surface area contributed by atoms with Crippen molar-refractivity contribution >= 4 is 5.91 Å². The molecule has 4 rings (SSSR count). The van der Waals surface area contributed by atoms with Crippen LogP contribution in [-0.2, 0) is 13.5 Å². The topological polar surface area (TPSA) is 83.9 Å². The van der Waals surface area contributed by atoms with Crippen molar-refractivity contribution in [3.8, 4) is 5.82 Å². The van der Waals surface area contributed by atoms with Gasteiger partial charge in [0.15, 0.2) is 11.9 Å². The first-order valence-electron chi connectivity index (χ1n) is 9.14. The molecule has 0 spiro atoms. The van der Waals surface area contributed by atoms with E-state index in [2.05, 4.69) is 15.4 Å². The zero-order chi connectivity index (χ0) is 18.6. The number of aryl methyl sites for hydroxylation is 1. The van der Waals surface area contributed by atoms with Gasteiger partial charge in [0.1, 0.15) is 7.05 Å². The number of aromatic nitrogens is 4. The van der Waals surface area contributed by atoms with Crippen LogP contribution < -0.4 is 9.88 Å². The van der Waals surface area contributed by atoms with Crippen LogP contribution in [0.2, 0.25) is 0 Å². The van der Waals surface area contributed by atoms with Gasteiger partial charge >= 0.3 is 0 Å². The molecule has 0 saturated heterocycles. The molecule has 1 amide bonds. The Morgan fingerprint density at radius 1 is 1.50 bits per heavy atom. The predicted octanol–water partition coefficient (Wildman–Crippen LogP) is 0.888. The third-order valence-corrected chi connectivity index (χ3v) is 5.56. The number of hydrogen-bond acceptors (Lipinski definition) is 4. The quantitative estimate of drug-likeness (QED) is 0.797. The summed E-state index contributed by atoms with van der Waals surface area (Å²) in [6.45, 7) is 5.90. The highest BCUT2D eigenvalue weighted by atomic mass is 16.3. The summed E-state index contributed by atoms with van der Waals surface area (Å²) in [4.78, 5) is 17.4. The zero-order valence-electron chi connectivity index (χ0n) is 15.7. The maximum absolute atomic E-state index is 12.9. The molecule has 2 aliphatic carbocycles. The first-order chi connectivity index (χ1) is 12.3. The van der Waals surface area contributed by atoms with Gasteiger partial charge in [0.2, 0.25) is 12.0 Å². The van der Waals surface area contributed by atoms with Crippen LogP contribution in [0.25, 0.3) is 5.82 Å². The van der Waals surface area contributed by atoms with Crippen molar-refractivity contribution in [2.24, 2.45) is 18.4 Å². The Kier molecular flexibility index (Phi) is 3.87. The molecule has 7 nitrogen and oxygen atoms in total. The average Bonchev–Trinajstić information content (AvgIpc) is 3.07. The van der Waals surface area contributed by atoms with E-state index in [0.717, 1.165) is 23.5 Å². The molecule has 2 unspecified atom stereocenters. The number of aliphatic hydroxyl groups excluding tert-OH is 1. The van der Waals surface area contributed by atoms with Gasteiger partial charge in [-0.05, 0) is 24.2 Å². The second-order valence-corrected chi connectivity index (χ2v) is 8.59. The van der Waals surface area contributed by atoms with Crippen LogP contribution in [0, 0.1) is 11.3 Å². The van der Waals surface area contributed by atoms with Crippen molar-refractivity contribution in [3.05, 3.63) is 35.5 Å². The molecule has 1 saturated carbocycles. The fraction of sp³-hybridized carbons (Fsp3) is 0.579. The molecule has 1 fully saturated rings. The number of fused-ring (bicyclic) bond motifs is 3. The monoisotopic (exact) mass is 356 g/mol. The third-order valence-electron chi connectivity index (χ3n) is 5.56. The lowest BCUT2D eigenvalue weighted by Gasteiger charge is -2.29. The fourth-order valence-corrected chi connectivity index (χ4v) is 3.82. The molecule has 2 N–H and O–H groups in total.